The fraction of sp³-hybridized carbons (Fsp3) is 0.938. The van der Waals surface area contributed by atoms with E-state index in [1.54, 1.807) is 7.11 Å². The van der Waals surface area contributed by atoms with Crippen molar-refractivity contribution >= 4 is 5.91 Å². The largest absolute Gasteiger partial charge is 0.385 e. The monoisotopic (exact) mass is 297 g/mol. The van der Waals surface area contributed by atoms with Gasteiger partial charge in [-0.1, -0.05) is 0 Å². The van der Waals surface area contributed by atoms with Crippen molar-refractivity contribution in [2.45, 2.75) is 26.2 Å². The van der Waals surface area contributed by atoms with Crippen LogP contribution in [0.15, 0.2) is 0 Å². The van der Waals surface area contributed by atoms with Gasteiger partial charge in [-0.25, -0.2) is 0 Å². The second-order valence-electron chi connectivity index (χ2n) is 6.88. The van der Waals surface area contributed by atoms with Gasteiger partial charge in [-0.2, -0.15) is 0 Å². The molecule has 0 N–H and O–H groups in total. The van der Waals surface area contributed by atoms with Crippen molar-refractivity contribution in [3.05, 3.63) is 0 Å². The van der Waals surface area contributed by atoms with E-state index in [1.165, 1.54) is 6.42 Å². The third kappa shape index (κ3) is 4.41. The summed E-state index contributed by atoms with van der Waals surface area (Å²) in [5, 5.41) is 0. The van der Waals surface area contributed by atoms with Gasteiger partial charge in [0.15, 0.2) is 0 Å². The predicted molar refractivity (Wildman–Crippen MR) is 84.4 cm³/mol. The molecule has 0 aromatic heterocycles. The van der Waals surface area contributed by atoms with Crippen LogP contribution in [0.4, 0.5) is 0 Å². The van der Waals surface area contributed by atoms with Gasteiger partial charge in [-0.3, -0.25) is 9.69 Å². The highest BCUT2D eigenvalue weighted by Gasteiger charge is 2.41. The lowest BCUT2D eigenvalue weighted by molar-refractivity contribution is -0.142. The Bertz CT molecular complexity index is 342. The molecule has 122 valence electrons. The van der Waals surface area contributed by atoms with Crippen molar-refractivity contribution in [3.8, 4) is 0 Å². The van der Waals surface area contributed by atoms with Gasteiger partial charge in [0.2, 0.25) is 5.91 Å². The minimum atomic E-state index is -0.157. The van der Waals surface area contributed by atoms with E-state index in [0.29, 0.717) is 5.91 Å². The molecule has 2 fully saturated rings. The number of rotatable bonds is 6. The number of amides is 1. The molecule has 2 saturated heterocycles. The number of hydrogen-bond donors (Lipinski definition) is 0. The van der Waals surface area contributed by atoms with Gasteiger partial charge in [-0.05, 0) is 46.3 Å². The molecular formula is C16H31N3O2. The minimum absolute atomic E-state index is 0.157. The molecule has 5 nitrogen and oxygen atoms in total. The maximum absolute atomic E-state index is 12.7. The maximum Gasteiger partial charge on any atom is 0.229 e. The Balaban J connectivity index is 1.72. The number of piperazine rings is 1. The Kier molecular flexibility index (Phi) is 6.02. The number of ether oxygens (including phenoxy) is 1. The van der Waals surface area contributed by atoms with Gasteiger partial charge in [-0.15, -0.1) is 0 Å². The van der Waals surface area contributed by atoms with E-state index in [-0.39, 0.29) is 5.41 Å². The van der Waals surface area contributed by atoms with Crippen LogP contribution in [0.3, 0.4) is 0 Å². The minimum Gasteiger partial charge on any atom is -0.385 e. The maximum atomic E-state index is 12.7. The van der Waals surface area contributed by atoms with Crippen LogP contribution >= 0.6 is 0 Å². The molecule has 0 aliphatic carbocycles. The Labute approximate surface area is 129 Å². The molecule has 21 heavy (non-hydrogen) atoms. The first-order chi connectivity index (χ1) is 10.0. The molecule has 2 rings (SSSR count). The normalized spacial score (nSPS) is 28.2. The first-order valence-corrected chi connectivity index (χ1v) is 8.24. The average molecular weight is 297 g/mol. The van der Waals surface area contributed by atoms with Gasteiger partial charge >= 0.3 is 0 Å². The summed E-state index contributed by atoms with van der Waals surface area (Å²) in [5.74, 6) is 0.367. The van der Waals surface area contributed by atoms with Crippen LogP contribution in [0.2, 0.25) is 0 Å². The number of likely N-dealkylation sites (tertiary alicyclic amines) is 1. The van der Waals surface area contributed by atoms with Crippen LogP contribution in [0.1, 0.15) is 26.2 Å². The molecule has 2 heterocycles. The molecule has 0 spiro atoms. The van der Waals surface area contributed by atoms with Crippen LogP contribution < -0.4 is 0 Å². The third-order valence-corrected chi connectivity index (χ3v) is 4.91. The summed E-state index contributed by atoms with van der Waals surface area (Å²) in [6, 6.07) is 0. The zero-order valence-electron chi connectivity index (χ0n) is 13.9. The van der Waals surface area contributed by atoms with Crippen molar-refractivity contribution in [1.29, 1.82) is 0 Å². The van der Waals surface area contributed by atoms with Gasteiger partial charge in [0.25, 0.3) is 0 Å². The number of hydrogen-bond acceptors (Lipinski definition) is 4. The standard InChI is InChI=1S/C16H31N3O2/c1-16(6-8-17(2)14-16)15(20)19-11-9-18(10-12-19)7-4-5-13-21-3/h4-14H2,1-3H3. The Morgan fingerprint density at radius 3 is 2.43 bits per heavy atom. The van der Waals surface area contributed by atoms with E-state index >= 15 is 0 Å². The molecule has 0 bridgehead atoms. The van der Waals surface area contributed by atoms with Gasteiger partial charge in [0.1, 0.15) is 0 Å². The van der Waals surface area contributed by atoms with Gasteiger partial charge in [0.05, 0.1) is 5.41 Å². The Morgan fingerprint density at radius 1 is 1.14 bits per heavy atom. The fourth-order valence-corrected chi connectivity index (χ4v) is 3.50. The molecule has 1 atom stereocenters. The van der Waals surface area contributed by atoms with Crippen LogP contribution in [-0.2, 0) is 9.53 Å². The first-order valence-electron chi connectivity index (χ1n) is 8.24. The van der Waals surface area contributed by atoms with E-state index in [1.807, 2.05) is 0 Å². The number of carbonyl (C=O) groups excluding carboxylic acids is 1. The zero-order chi connectivity index (χ0) is 15.3. The van der Waals surface area contributed by atoms with Crippen LogP contribution in [0.25, 0.3) is 0 Å². The summed E-state index contributed by atoms with van der Waals surface area (Å²) in [7, 11) is 3.86. The van der Waals surface area contributed by atoms with Gasteiger partial charge in [0, 0.05) is 46.4 Å². The molecule has 0 saturated carbocycles. The lowest BCUT2D eigenvalue weighted by atomic mass is 9.88. The third-order valence-electron chi connectivity index (χ3n) is 4.91. The SMILES string of the molecule is COCCCCN1CCN(C(=O)C2(C)CCN(C)C2)CC1. The van der Waals surface area contributed by atoms with E-state index in [4.69, 9.17) is 4.74 Å². The van der Waals surface area contributed by atoms with Crippen molar-refractivity contribution < 1.29 is 9.53 Å². The number of nitrogens with zero attached hydrogens (tertiary/aromatic N) is 3. The van der Waals surface area contributed by atoms with Crippen molar-refractivity contribution in [2.75, 3.05) is 66.6 Å². The molecule has 0 radical (unpaired) electrons. The quantitative estimate of drug-likeness (QED) is 0.683. The summed E-state index contributed by atoms with van der Waals surface area (Å²) < 4.78 is 5.08. The fourth-order valence-electron chi connectivity index (χ4n) is 3.50. The highest BCUT2D eigenvalue weighted by atomic mass is 16.5. The van der Waals surface area contributed by atoms with E-state index in [2.05, 4.69) is 28.7 Å². The smallest absolute Gasteiger partial charge is 0.229 e. The zero-order valence-corrected chi connectivity index (χ0v) is 13.9. The summed E-state index contributed by atoms with van der Waals surface area (Å²) >= 11 is 0. The Morgan fingerprint density at radius 2 is 1.86 bits per heavy atom. The molecule has 2 aliphatic rings. The summed E-state index contributed by atoms with van der Waals surface area (Å²) in [6.45, 7) is 9.89. The molecule has 1 unspecified atom stereocenters. The second-order valence-corrected chi connectivity index (χ2v) is 6.88. The first kappa shape index (κ1) is 16.7. The second kappa shape index (κ2) is 7.56. The highest BCUT2D eigenvalue weighted by Crippen LogP contribution is 2.31. The molecule has 0 aromatic carbocycles. The average Bonchev–Trinajstić information content (AvgIpc) is 2.84. The lowest BCUT2D eigenvalue weighted by Crippen LogP contribution is -2.53. The van der Waals surface area contributed by atoms with E-state index in [0.717, 1.165) is 65.3 Å². The summed E-state index contributed by atoms with van der Waals surface area (Å²) in [6.07, 6.45) is 3.31. The number of unbranched alkanes of at least 4 members (excludes halogenated alkanes) is 1. The van der Waals surface area contributed by atoms with Crippen molar-refractivity contribution in [2.24, 2.45) is 5.41 Å². The van der Waals surface area contributed by atoms with Crippen LogP contribution in [-0.4, -0.2) is 87.2 Å². The van der Waals surface area contributed by atoms with E-state index < -0.39 is 0 Å². The topological polar surface area (TPSA) is 36.0 Å². The molecule has 0 aromatic rings. The predicted octanol–water partition coefficient (Wildman–Crippen LogP) is 0.899. The molecule has 2 aliphatic heterocycles. The number of methoxy groups -OCH3 is 1. The van der Waals surface area contributed by atoms with Crippen molar-refractivity contribution in [1.82, 2.24) is 14.7 Å². The molecular weight excluding hydrogens is 266 g/mol. The molecule has 1 amide bonds. The van der Waals surface area contributed by atoms with Gasteiger partial charge < -0.3 is 14.5 Å². The highest BCUT2D eigenvalue weighted by molar-refractivity contribution is 5.83. The summed E-state index contributed by atoms with van der Waals surface area (Å²) in [4.78, 5) is 19.6. The Hall–Kier alpha value is -0.650. The van der Waals surface area contributed by atoms with E-state index in [9.17, 15) is 4.79 Å². The van der Waals surface area contributed by atoms with Crippen LogP contribution in [0.5, 0.6) is 0 Å². The van der Waals surface area contributed by atoms with Crippen molar-refractivity contribution in [3.63, 3.8) is 0 Å². The van der Waals surface area contributed by atoms with Crippen LogP contribution in [0, 0.1) is 5.41 Å². The molecule has 5 heteroatoms. The number of carbonyl (C=O) groups is 1. The summed E-state index contributed by atoms with van der Waals surface area (Å²) in [5.41, 5.74) is -0.157. The lowest BCUT2D eigenvalue weighted by Gasteiger charge is -2.38.